The van der Waals surface area contributed by atoms with Crippen molar-refractivity contribution in [2.45, 2.75) is 52.6 Å². The number of aromatic nitrogens is 4. The second-order valence-electron chi connectivity index (χ2n) is 8.73. The van der Waals surface area contributed by atoms with Crippen molar-refractivity contribution in [2.24, 2.45) is 0 Å². The highest BCUT2D eigenvalue weighted by Crippen LogP contribution is 2.31. The molecule has 1 atom stereocenters. The molecule has 4 aromatic rings. The largest absolute Gasteiger partial charge is 0.486 e. The molecule has 172 valence electrons. The fourth-order valence-electron chi connectivity index (χ4n) is 4.26. The summed E-state index contributed by atoms with van der Waals surface area (Å²) in [4.78, 5) is 1.95. The van der Waals surface area contributed by atoms with Crippen molar-refractivity contribution in [3.63, 3.8) is 0 Å². The van der Waals surface area contributed by atoms with Gasteiger partial charge in [-0.05, 0) is 44.4 Å². The Kier molecular flexibility index (Phi) is 6.92. The van der Waals surface area contributed by atoms with E-state index in [-0.39, 0.29) is 6.10 Å². The summed E-state index contributed by atoms with van der Waals surface area (Å²) in [6.45, 7) is 6.29. The summed E-state index contributed by atoms with van der Waals surface area (Å²) in [5.41, 5.74) is 4.96. The van der Waals surface area contributed by atoms with E-state index >= 15 is 0 Å². The minimum atomic E-state index is 0.0294. The van der Waals surface area contributed by atoms with Crippen LogP contribution in [0.4, 0.5) is 5.82 Å². The first-order chi connectivity index (χ1) is 16.0. The second kappa shape index (κ2) is 10.0. The highest BCUT2D eigenvalue weighted by atomic mass is 16.5. The van der Waals surface area contributed by atoms with Crippen LogP contribution in [-0.4, -0.2) is 34.1 Å². The number of hydrogen-bond donors (Lipinski definition) is 0. The number of fused-ring (bicyclic) bond motifs is 1. The molecule has 0 aliphatic rings. The molecule has 2 heterocycles. The smallest absolute Gasteiger partial charge is 0.179 e. The highest BCUT2D eigenvalue weighted by Gasteiger charge is 2.19. The van der Waals surface area contributed by atoms with E-state index in [4.69, 9.17) is 9.84 Å². The van der Waals surface area contributed by atoms with Crippen LogP contribution in [0.15, 0.2) is 54.6 Å². The SMILES string of the molecule is CCCCCC(Oc1cccc(-n2nc3c(N(C)C)nnc(C)c3c2C)c1)c1ccccc1. The molecule has 0 N–H and O–H groups in total. The molecule has 6 heteroatoms. The number of ether oxygens (including phenoxy) is 1. The van der Waals surface area contributed by atoms with E-state index in [9.17, 15) is 0 Å². The molecule has 0 aliphatic heterocycles. The Morgan fingerprint density at radius 1 is 0.970 bits per heavy atom. The van der Waals surface area contributed by atoms with Crippen LogP contribution in [0.1, 0.15) is 55.7 Å². The van der Waals surface area contributed by atoms with Crippen LogP contribution in [0.3, 0.4) is 0 Å². The molecule has 0 spiro atoms. The quantitative estimate of drug-likeness (QED) is 0.288. The monoisotopic (exact) mass is 443 g/mol. The third-order valence-corrected chi connectivity index (χ3v) is 5.99. The van der Waals surface area contributed by atoms with Crippen LogP contribution in [-0.2, 0) is 0 Å². The summed E-state index contributed by atoms with van der Waals surface area (Å²) >= 11 is 0. The zero-order chi connectivity index (χ0) is 23.4. The van der Waals surface area contributed by atoms with E-state index in [2.05, 4.69) is 60.4 Å². The molecule has 0 bridgehead atoms. The molecule has 0 radical (unpaired) electrons. The first-order valence-corrected chi connectivity index (χ1v) is 11.7. The van der Waals surface area contributed by atoms with Gasteiger partial charge in [0, 0.05) is 20.2 Å². The van der Waals surface area contributed by atoms with Gasteiger partial charge >= 0.3 is 0 Å². The van der Waals surface area contributed by atoms with Crippen LogP contribution >= 0.6 is 0 Å². The van der Waals surface area contributed by atoms with E-state index in [1.54, 1.807) is 0 Å². The molecular formula is C27H33N5O. The Morgan fingerprint density at radius 3 is 2.48 bits per heavy atom. The first kappa shape index (κ1) is 22.8. The van der Waals surface area contributed by atoms with E-state index < -0.39 is 0 Å². The standard InChI is InChI=1S/C27H33N5O/c1-6-7-9-17-24(21-13-10-8-11-14-21)33-23-16-12-15-22(18-23)32-20(3)25-19(2)28-29-27(31(4)5)26(25)30-32/h8,10-16,18,24H,6-7,9,17H2,1-5H3. The first-order valence-electron chi connectivity index (χ1n) is 11.7. The van der Waals surface area contributed by atoms with Crippen molar-refractivity contribution in [3.05, 3.63) is 71.5 Å². The third-order valence-electron chi connectivity index (χ3n) is 5.99. The third kappa shape index (κ3) is 4.85. The fraction of sp³-hybridized carbons (Fsp3) is 0.370. The van der Waals surface area contributed by atoms with Crippen LogP contribution in [0, 0.1) is 13.8 Å². The lowest BCUT2D eigenvalue weighted by Crippen LogP contribution is -2.12. The maximum absolute atomic E-state index is 6.53. The predicted molar refractivity (Wildman–Crippen MR) is 134 cm³/mol. The predicted octanol–water partition coefficient (Wildman–Crippen LogP) is 6.20. The fourth-order valence-corrected chi connectivity index (χ4v) is 4.26. The van der Waals surface area contributed by atoms with Gasteiger partial charge in [0.05, 0.1) is 22.5 Å². The lowest BCUT2D eigenvalue weighted by atomic mass is 10.0. The Balaban J connectivity index is 1.69. The molecular weight excluding hydrogens is 410 g/mol. The number of benzene rings is 2. The summed E-state index contributed by atoms with van der Waals surface area (Å²) in [5.74, 6) is 1.61. The molecule has 33 heavy (non-hydrogen) atoms. The highest BCUT2D eigenvalue weighted by molar-refractivity contribution is 5.92. The van der Waals surface area contributed by atoms with Crippen LogP contribution in [0.5, 0.6) is 5.75 Å². The van der Waals surface area contributed by atoms with Crippen molar-refractivity contribution >= 4 is 16.7 Å². The van der Waals surface area contributed by atoms with Crippen molar-refractivity contribution < 1.29 is 4.74 Å². The number of aryl methyl sites for hydroxylation is 2. The van der Waals surface area contributed by atoms with E-state index in [0.717, 1.165) is 52.4 Å². The van der Waals surface area contributed by atoms with Gasteiger partial charge in [-0.2, -0.15) is 10.2 Å². The Hall–Kier alpha value is -3.41. The average Bonchev–Trinajstić information content (AvgIpc) is 3.17. The van der Waals surface area contributed by atoms with Gasteiger partial charge in [-0.3, -0.25) is 0 Å². The van der Waals surface area contributed by atoms with Gasteiger partial charge in [0.2, 0.25) is 0 Å². The van der Waals surface area contributed by atoms with Crippen molar-refractivity contribution in [2.75, 3.05) is 19.0 Å². The molecule has 6 nitrogen and oxygen atoms in total. The number of hydrogen-bond acceptors (Lipinski definition) is 5. The van der Waals surface area contributed by atoms with Gasteiger partial charge in [-0.25, -0.2) is 4.68 Å². The normalized spacial score (nSPS) is 12.2. The van der Waals surface area contributed by atoms with Crippen molar-refractivity contribution in [1.82, 2.24) is 20.0 Å². The zero-order valence-electron chi connectivity index (χ0n) is 20.2. The van der Waals surface area contributed by atoms with Crippen LogP contribution < -0.4 is 9.64 Å². The Labute approximate surface area is 196 Å². The minimum absolute atomic E-state index is 0.0294. The van der Waals surface area contributed by atoms with Crippen LogP contribution in [0.2, 0.25) is 0 Å². The maximum atomic E-state index is 6.53. The Morgan fingerprint density at radius 2 is 1.76 bits per heavy atom. The lowest BCUT2D eigenvalue weighted by Gasteiger charge is -2.20. The average molecular weight is 444 g/mol. The molecule has 2 aromatic carbocycles. The number of rotatable bonds is 9. The van der Waals surface area contributed by atoms with Gasteiger partial charge in [-0.15, -0.1) is 5.10 Å². The molecule has 2 aromatic heterocycles. The summed E-state index contributed by atoms with van der Waals surface area (Å²) in [6, 6.07) is 18.7. The summed E-state index contributed by atoms with van der Waals surface area (Å²) in [6.07, 6.45) is 4.58. The van der Waals surface area contributed by atoms with Crippen LogP contribution in [0.25, 0.3) is 16.6 Å². The number of anilines is 1. The molecule has 4 rings (SSSR count). The molecule has 0 saturated heterocycles. The van der Waals surface area contributed by atoms with Gasteiger partial charge in [0.25, 0.3) is 0 Å². The summed E-state index contributed by atoms with van der Waals surface area (Å²) in [7, 11) is 3.92. The van der Waals surface area contributed by atoms with Gasteiger partial charge < -0.3 is 9.64 Å². The molecule has 0 fully saturated rings. The zero-order valence-corrected chi connectivity index (χ0v) is 20.2. The summed E-state index contributed by atoms with van der Waals surface area (Å²) < 4.78 is 8.50. The van der Waals surface area contributed by atoms with Gasteiger partial charge in [0.1, 0.15) is 17.4 Å². The molecule has 0 aliphatic carbocycles. The van der Waals surface area contributed by atoms with Crippen molar-refractivity contribution in [1.29, 1.82) is 0 Å². The van der Waals surface area contributed by atoms with E-state index in [1.807, 2.05) is 48.8 Å². The van der Waals surface area contributed by atoms with Crippen molar-refractivity contribution in [3.8, 4) is 11.4 Å². The van der Waals surface area contributed by atoms with E-state index in [0.29, 0.717) is 0 Å². The maximum Gasteiger partial charge on any atom is 0.179 e. The molecule has 0 saturated carbocycles. The number of nitrogens with zero attached hydrogens (tertiary/aromatic N) is 5. The number of unbranched alkanes of at least 4 members (excludes halogenated alkanes) is 2. The van der Waals surface area contributed by atoms with E-state index in [1.165, 1.54) is 18.4 Å². The summed E-state index contributed by atoms with van der Waals surface area (Å²) in [5, 5.41) is 14.7. The Bertz CT molecular complexity index is 1220. The lowest BCUT2D eigenvalue weighted by molar-refractivity contribution is 0.190. The minimum Gasteiger partial charge on any atom is -0.486 e. The molecule has 0 amide bonds. The molecule has 1 unspecified atom stereocenters. The van der Waals surface area contributed by atoms with Gasteiger partial charge in [0.15, 0.2) is 5.82 Å². The topological polar surface area (TPSA) is 56.1 Å². The van der Waals surface area contributed by atoms with Gasteiger partial charge in [-0.1, -0.05) is 56.2 Å². The second-order valence-corrected chi connectivity index (χ2v) is 8.73.